The fraction of sp³-hybridized carbons (Fsp3) is 0.571. The Labute approximate surface area is 236 Å². The first-order chi connectivity index (χ1) is 19.2. The third kappa shape index (κ3) is 4.25. The lowest BCUT2D eigenvalue weighted by Crippen LogP contribution is -2.74. The number of likely N-dealkylation sites (N-methyl/N-ethyl adjacent to an activating group) is 1. The molecule has 4 aliphatic rings. The summed E-state index contributed by atoms with van der Waals surface area (Å²) in [6.45, 7) is 1.69. The van der Waals surface area contributed by atoms with Gasteiger partial charge in [-0.3, -0.25) is 38.6 Å². The Balaban J connectivity index is 1.59. The molecule has 2 saturated carbocycles. The van der Waals surface area contributed by atoms with Crippen LogP contribution >= 0.6 is 0 Å². The predicted octanol–water partition coefficient (Wildman–Crippen LogP) is -1.42. The average Bonchev–Trinajstić information content (AvgIpc) is 2.84. The highest BCUT2D eigenvalue weighted by Gasteiger charge is 2.69. The van der Waals surface area contributed by atoms with E-state index in [1.807, 2.05) is 4.90 Å². The van der Waals surface area contributed by atoms with Gasteiger partial charge in [-0.05, 0) is 64.0 Å². The number of nitrogens with two attached hydrogens (primary N) is 1. The number of Topliss-reactive ketones (excluding diaryl/α,β-unsaturated/α-hetero) is 4. The Hall–Kier alpha value is -3.68. The SMILES string of the molecule is CN(C)c1cc(NC(=O)CN2CCC2)c(O)c2c1CC1CC3[C@H](N(C)C)C(=O)C(C(N)=O)C(=O)[C@@]3(O)C(=O)C1C2=O. The molecule has 13 heteroatoms. The van der Waals surface area contributed by atoms with E-state index in [-0.39, 0.29) is 36.5 Å². The summed E-state index contributed by atoms with van der Waals surface area (Å²) in [6, 6.07) is 0.409. The molecule has 220 valence electrons. The maximum Gasteiger partial charge on any atom is 0.238 e. The maximum absolute atomic E-state index is 14.0. The number of hydrogen-bond donors (Lipinski definition) is 4. The highest BCUT2D eigenvalue weighted by molar-refractivity contribution is 6.32. The molecule has 1 aromatic rings. The van der Waals surface area contributed by atoms with E-state index in [4.69, 9.17) is 5.73 Å². The Bertz CT molecular complexity index is 1390. The molecule has 3 aliphatic carbocycles. The summed E-state index contributed by atoms with van der Waals surface area (Å²) in [5.41, 5.74) is 3.42. The van der Waals surface area contributed by atoms with Crippen LogP contribution in [0, 0.1) is 23.7 Å². The van der Waals surface area contributed by atoms with Gasteiger partial charge in [-0.1, -0.05) is 0 Å². The number of phenols is 1. The van der Waals surface area contributed by atoms with Crippen molar-refractivity contribution in [1.82, 2.24) is 9.80 Å². The number of anilines is 2. The molecule has 4 unspecified atom stereocenters. The smallest absolute Gasteiger partial charge is 0.238 e. The topological polar surface area (TPSA) is 191 Å². The number of benzene rings is 1. The average molecular weight is 570 g/mol. The molecule has 41 heavy (non-hydrogen) atoms. The highest BCUT2D eigenvalue weighted by Crippen LogP contribution is 2.52. The number of fused-ring (bicyclic) bond motifs is 3. The van der Waals surface area contributed by atoms with Crippen molar-refractivity contribution in [3.63, 3.8) is 0 Å². The fourth-order valence-electron chi connectivity index (χ4n) is 7.08. The summed E-state index contributed by atoms with van der Waals surface area (Å²) in [4.78, 5) is 84.6. The molecule has 0 radical (unpaired) electrons. The molecule has 6 atom stereocenters. The monoisotopic (exact) mass is 569 g/mol. The van der Waals surface area contributed by atoms with Crippen molar-refractivity contribution in [2.24, 2.45) is 29.4 Å². The number of amides is 2. The van der Waals surface area contributed by atoms with E-state index in [2.05, 4.69) is 5.32 Å². The van der Waals surface area contributed by atoms with Gasteiger partial charge in [-0.15, -0.1) is 0 Å². The molecule has 5 N–H and O–H groups in total. The minimum atomic E-state index is -2.79. The number of ketones is 4. The number of primary amides is 1. The van der Waals surface area contributed by atoms with Crippen molar-refractivity contribution in [2.45, 2.75) is 30.9 Å². The highest BCUT2D eigenvalue weighted by atomic mass is 16.3. The molecule has 1 saturated heterocycles. The van der Waals surface area contributed by atoms with E-state index in [0.717, 1.165) is 19.5 Å². The summed E-state index contributed by atoms with van der Waals surface area (Å²) in [7, 11) is 6.55. The standard InChI is InChI=1S/C28H35N5O8/c1-31(2)16-10-15(30-17(34)11-33-6-5-7-33)22(35)19-13(16)8-12-9-14-21(32(3)4)24(37)20(27(29)40)26(39)28(14,41)25(38)18(12)23(19)36/h10,12,14,18,20-21,35,41H,5-9,11H2,1-4H3,(H2,29,40)(H,30,34)/t12?,14?,18?,20?,21-,28-/m0/s1. The van der Waals surface area contributed by atoms with Gasteiger partial charge in [0, 0.05) is 25.7 Å². The molecule has 0 aromatic heterocycles. The molecule has 2 amide bonds. The second-order valence-electron chi connectivity index (χ2n) is 12.0. The molecule has 1 aliphatic heterocycles. The van der Waals surface area contributed by atoms with Crippen LogP contribution in [-0.2, 0) is 30.4 Å². The van der Waals surface area contributed by atoms with Crippen LogP contribution < -0.4 is 16.0 Å². The number of phenolic OH excluding ortho intramolecular Hbond substituents is 1. The van der Waals surface area contributed by atoms with Crippen LogP contribution in [0.3, 0.4) is 0 Å². The zero-order valence-electron chi connectivity index (χ0n) is 23.5. The molecule has 0 spiro atoms. The minimum Gasteiger partial charge on any atom is -0.505 e. The fourth-order valence-corrected chi connectivity index (χ4v) is 7.08. The van der Waals surface area contributed by atoms with Gasteiger partial charge in [0.25, 0.3) is 0 Å². The number of likely N-dealkylation sites (tertiary alicyclic amines) is 1. The number of nitrogens with zero attached hydrogens (tertiary/aromatic N) is 3. The molecule has 1 heterocycles. The van der Waals surface area contributed by atoms with Crippen LogP contribution in [0.5, 0.6) is 5.75 Å². The van der Waals surface area contributed by atoms with E-state index in [9.17, 15) is 39.0 Å². The van der Waals surface area contributed by atoms with E-state index < -0.39 is 70.1 Å². The number of hydrogen-bond acceptors (Lipinski definition) is 11. The number of nitrogens with one attached hydrogen (secondary N) is 1. The normalized spacial score (nSPS) is 31.2. The molecule has 5 rings (SSSR count). The van der Waals surface area contributed by atoms with Crippen molar-refractivity contribution in [3.05, 3.63) is 17.2 Å². The van der Waals surface area contributed by atoms with Crippen molar-refractivity contribution in [3.8, 4) is 5.75 Å². The molecular formula is C28H35N5O8. The van der Waals surface area contributed by atoms with Crippen molar-refractivity contribution >= 4 is 46.3 Å². The van der Waals surface area contributed by atoms with E-state index in [1.165, 1.54) is 19.0 Å². The van der Waals surface area contributed by atoms with Crippen LogP contribution in [0.4, 0.5) is 11.4 Å². The van der Waals surface area contributed by atoms with Crippen LogP contribution in [-0.4, -0.2) is 114 Å². The Morgan fingerprint density at radius 3 is 2.32 bits per heavy atom. The van der Waals surface area contributed by atoms with Crippen LogP contribution in [0.25, 0.3) is 0 Å². The lowest BCUT2D eigenvalue weighted by atomic mass is 9.52. The Morgan fingerprint density at radius 1 is 1.12 bits per heavy atom. The summed E-state index contributed by atoms with van der Waals surface area (Å²) in [6.07, 6.45) is 1.09. The van der Waals surface area contributed by atoms with Gasteiger partial charge in [0.2, 0.25) is 11.8 Å². The van der Waals surface area contributed by atoms with Gasteiger partial charge in [-0.25, -0.2) is 0 Å². The molecule has 13 nitrogen and oxygen atoms in total. The van der Waals surface area contributed by atoms with Crippen molar-refractivity contribution < 1.29 is 39.0 Å². The van der Waals surface area contributed by atoms with Crippen LogP contribution in [0.2, 0.25) is 0 Å². The number of rotatable bonds is 6. The number of carbonyl (C=O) groups is 6. The van der Waals surface area contributed by atoms with Crippen molar-refractivity contribution in [1.29, 1.82) is 0 Å². The van der Waals surface area contributed by atoms with Crippen LogP contribution in [0.1, 0.15) is 28.8 Å². The zero-order valence-corrected chi connectivity index (χ0v) is 23.5. The first-order valence-electron chi connectivity index (χ1n) is 13.6. The summed E-state index contributed by atoms with van der Waals surface area (Å²) in [5, 5.41) is 25.6. The second-order valence-corrected chi connectivity index (χ2v) is 12.0. The van der Waals surface area contributed by atoms with E-state index in [0.29, 0.717) is 11.3 Å². The first kappa shape index (κ1) is 28.8. The van der Waals surface area contributed by atoms with Gasteiger partial charge >= 0.3 is 0 Å². The molecule has 0 bridgehead atoms. The number of carbonyl (C=O) groups excluding carboxylic acids is 6. The van der Waals surface area contributed by atoms with Crippen LogP contribution in [0.15, 0.2) is 6.07 Å². The summed E-state index contributed by atoms with van der Waals surface area (Å²) >= 11 is 0. The third-order valence-electron chi connectivity index (χ3n) is 9.11. The summed E-state index contributed by atoms with van der Waals surface area (Å²) < 4.78 is 0. The van der Waals surface area contributed by atoms with E-state index >= 15 is 0 Å². The Kier molecular flexibility index (Phi) is 7.03. The third-order valence-corrected chi connectivity index (χ3v) is 9.11. The van der Waals surface area contributed by atoms with Gasteiger partial charge in [0.1, 0.15) is 5.75 Å². The molecule has 3 fully saturated rings. The first-order valence-corrected chi connectivity index (χ1v) is 13.6. The largest absolute Gasteiger partial charge is 0.505 e. The van der Waals surface area contributed by atoms with Crippen molar-refractivity contribution in [2.75, 3.05) is 58.0 Å². The molecule has 1 aromatic carbocycles. The Morgan fingerprint density at radius 2 is 1.78 bits per heavy atom. The van der Waals surface area contributed by atoms with Gasteiger partial charge < -0.3 is 26.2 Å². The number of aliphatic hydroxyl groups is 1. The van der Waals surface area contributed by atoms with Gasteiger partial charge in [0.15, 0.2) is 34.7 Å². The van der Waals surface area contributed by atoms with E-state index in [1.54, 1.807) is 25.1 Å². The maximum atomic E-state index is 14.0. The quantitative estimate of drug-likeness (QED) is 0.232. The summed E-state index contributed by atoms with van der Waals surface area (Å²) in [5.74, 6) is -11.6. The van der Waals surface area contributed by atoms with Gasteiger partial charge in [0.05, 0.1) is 29.8 Å². The van der Waals surface area contributed by atoms with Gasteiger partial charge in [-0.2, -0.15) is 0 Å². The lowest BCUT2D eigenvalue weighted by molar-refractivity contribution is -0.181. The molecular weight excluding hydrogens is 534 g/mol. The predicted molar refractivity (Wildman–Crippen MR) is 145 cm³/mol. The zero-order chi connectivity index (χ0) is 30.1. The number of aromatic hydroxyl groups is 1. The second kappa shape index (κ2) is 10.00. The minimum absolute atomic E-state index is 0.00502. The lowest BCUT2D eigenvalue weighted by Gasteiger charge is -2.52.